The van der Waals surface area contributed by atoms with Crippen LogP contribution in [-0.4, -0.2) is 38.6 Å². The number of ketones is 1. The van der Waals surface area contributed by atoms with Crippen LogP contribution in [0, 0.1) is 0 Å². The monoisotopic (exact) mass is 423 g/mol. The van der Waals surface area contributed by atoms with Gasteiger partial charge in [-0.2, -0.15) is 0 Å². The minimum atomic E-state index is -0.585. The molecule has 0 atom stereocenters. The Hall–Kier alpha value is -3.28. The Balaban J connectivity index is 1.70. The Morgan fingerprint density at radius 1 is 1.00 bits per heavy atom. The molecule has 0 unspecified atom stereocenters. The van der Waals surface area contributed by atoms with Gasteiger partial charge in [0.05, 0.1) is 18.8 Å². The number of rotatable bonds is 8. The van der Waals surface area contributed by atoms with Crippen LogP contribution in [0.15, 0.2) is 54.2 Å². The molecule has 0 bridgehead atoms. The molecule has 0 saturated carbocycles. The number of fused-ring (bicyclic) bond motifs is 1. The van der Waals surface area contributed by atoms with Crippen molar-refractivity contribution in [2.75, 3.05) is 31.8 Å². The number of carbonyl (C=O) groups is 2. The zero-order chi connectivity index (χ0) is 22.6. The van der Waals surface area contributed by atoms with E-state index in [1.54, 1.807) is 24.3 Å². The summed E-state index contributed by atoms with van der Waals surface area (Å²) in [6, 6.07) is 12.9. The average Bonchev–Trinajstić information content (AvgIpc) is 2.94. The summed E-state index contributed by atoms with van der Waals surface area (Å²) in [6.45, 7) is 8.48. The number of benzene rings is 2. The van der Waals surface area contributed by atoms with Gasteiger partial charge in [-0.25, -0.2) is 4.79 Å². The highest BCUT2D eigenvalue weighted by Crippen LogP contribution is 2.46. The highest BCUT2D eigenvalue weighted by Gasteiger charge is 2.38. The van der Waals surface area contributed by atoms with E-state index in [9.17, 15) is 9.59 Å². The summed E-state index contributed by atoms with van der Waals surface area (Å²) in [5.41, 5.74) is 3.09. The fourth-order valence-corrected chi connectivity index (χ4v) is 3.85. The van der Waals surface area contributed by atoms with Crippen LogP contribution in [0.2, 0.25) is 0 Å². The van der Waals surface area contributed by atoms with E-state index < -0.39 is 5.97 Å². The molecular weight excluding hydrogens is 394 g/mol. The number of hydrogen-bond donors (Lipinski definition) is 0. The van der Waals surface area contributed by atoms with Crippen molar-refractivity contribution in [3.63, 3.8) is 0 Å². The van der Waals surface area contributed by atoms with Gasteiger partial charge in [-0.05, 0) is 43.7 Å². The van der Waals surface area contributed by atoms with Gasteiger partial charge >= 0.3 is 5.97 Å². The van der Waals surface area contributed by atoms with Gasteiger partial charge in [0.2, 0.25) is 0 Å². The van der Waals surface area contributed by atoms with Crippen LogP contribution in [0.5, 0.6) is 11.5 Å². The zero-order valence-electron chi connectivity index (χ0n) is 18.7. The molecule has 0 amide bonds. The normalized spacial score (nSPS) is 15.5. The van der Waals surface area contributed by atoms with E-state index >= 15 is 0 Å². The van der Waals surface area contributed by atoms with E-state index in [-0.39, 0.29) is 17.8 Å². The number of esters is 1. The lowest BCUT2D eigenvalue weighted by molar-refractivity contribution is -0.117. The number of nitrogens with zero attached hydrogens (tertiary/aromatic N) is 1. The third-order valence-corrected chi connectivity index (χ3v) is 5.36. The van der Waals surface area contributed by atoms with Gasteiger partial charge in [0.25, 0.3) is 0 Å². The van der Waals surface area contributed by atoms with Crippen molar-refractivity contribution >= 4 is 17.4 Å². The van der Waals surface area contributed by atoms with Crippen LogP contribution in [0.3, 0.4) is 0 Å². The van der Waals surface area contributed by atoms with E-state index in [1.807, 2.05) is 44.0 Å². The van der Waals surface area contributed by atoms with Crippen molar-refractivity contribution in [3.05, 3.63) is 65.4 Å². The molecule has 0 radical (unpaired) electrons. The molecule has 0 fully saturated rings. The second-order valence-electron chi connectivity index (χ2n) is 7.80. The third kappa shape index (κ3) is 4.58. The molecule has 0 saturated heterocycles. The van der Waals surface area contributed by atoms with E-state index in [0.29, 0.717) is 30.3 Å². The molecule has 3 rings (SSSR count). The maximum Gasteiger partial charge on any atom is 0.338 e. The van der Waals surface area contributed by atoms with Crippen molar-refractivity contribution in [3.8, 4) is 11.5 Å². The second kappa shape index (κ2) is 9.25. The molecule has 0 N–H and O–H groups in total. The molecule has 0 spiro atoms. The van der Waals surface area contributed by atoms with Crippen LogP contribution >= 0.6 is 0 Å². The van der Waals surface area contributed by atoms with Crippen LogP contribution in [-0.2, 0) is 14.9 Å². The molecule has 0 aromatic heterocycles. The summed E-state index contributed by atoms with van der Waals surface area (Å²) >= 11 is 0. The van der Waals surface area contributed by atoms with Gasteiger partial charge in [-0.15, -0.1) is 0 Å². The summed E-state index contributed by atoms with van der Waals surface area (Å²) < 4.78 is 16.3. The summed E-state index contributed by atoms with van der Waals surface area (Å²) in [6.07, 6.45) is 1.57. The van der Waals surface area contributed by atoms with Gasteiger partial charge in [0, 0.05) is 29.9 Å². The van der Waals surface area contributed by atoms with E-state index in [0.717, 1.165) is 16.9 Å². The number of para-hydroxylation sites is 1. The maximum absolute atomic E-state index is 12.6. The average molecular weight is 424 g/mol. The minimum absolute atomic E-state index is 0.271. The van der Waals surface area contributed by atoms with Crippen molar-refractivity contribution in [1.29, 1.82) is 0 Å². The van der Waals surface area contributed by atoms with Crippen molar-refractivity contribution in [2.45, 2.75) is 33.1 Å². The quantitative estimate of drug-likeness (QED) is 0.459. The SMILES string of the molecule is CCOc1ccc(C(=O)OCC(=O)C=C2N(C)c3ccccc3C2(C)C)cc1OCC. The highest BCUT2D eigenvalue weighted by atomic mass is 16.5. The summed E-state index contributed by atoms with van der Waals surface area (Å²) in [4.78, 5) is 27.1. The Kier molecular flexibility index (Phi) is 6.68. The summed E-state index contributed by atoms with van der Waals surface area (Å²) in [5, 5.41) is 0. The van der Waals surface area contributed by atoms with Crippen molar-refractivity contribution in [1.82, 2.24) is 0 Å². The van der Waals surface area contributed by atoms with Crippen molar-refractivity contribution < 1.29 is 23.8 Å². The smallest absolute Gasteiger partial charge is 0.338 e. The first-order valence-corrected chi connectivity index (χ1v) is 10.4. The molecule has 6 nitrogen and oxygen atoms in total. The molecule has 0 aliphatic carbocycles. The standard InChI is InChI=1S/C25H29NO5/c1-6-29-21-13-12-17(14-22(21)30-7-2)24(28)31-16-18(27)15-23-25(3,4)19-10-8-9-11-20(19)26(23)5/h8-15H,6-7,16H2,1-5H3. The highest BCUT2D eigenvalue weighted by molar-refractivity contribution is 5.96. The topological polar surface area (TPSA) is 65.1 Å². The van der Waals surface area contributed by atoms with Gasteiger partial charge in [-0.3, -0.25) is 4.79 Å². The Bertz CT molecular complexity index is 1010. The fourth-order valence-electron chi connectivity index (χ4n) is 3.85. The van der Waals surface area contributed by atoms with Crippen molar-refractivity contribution in [2.24, 2.45) is 0 Å². The Morgan fingerprint density at radius 2 is 1.68 bits per heavy atom. The number of anilines is 1. The fraction of sp³-hybridized carbons (Fsp3) is 0.360. The Labute approximate surface area is 183 Å². The number of hydrogen-bond acceptors (Lipinski definition) is 6. The predicted octanol–water partition coefficient (Wildman–Crippen LogP) is 4.52. The first-order chi connectivity index (χ1) is 14.8. The van der Waals surface area contributed by atoms with Gasteiger partial charge in [0.15, 0.2) is 23.9 Å². The number of ether oxygens (including phenoxy) is 3. The van der Waals surface area contributed by atoms with Gasteiger partial charge < -0.3 is 19.1 Å². The lowest BCUT2D eigenvalue weighted by atomic mass is 9.83. The summed E-state index contributed by atoms with van der Waals surface area (Å²) in [5.74, 6) is 0.178. The molecule has 1 aliphatic heterocycles. The molecule has 31 heavy (non-hydrogen) atoms. The number of carbonyl (C=O) groups excluding carboxylic acids is 2. The van der Waals surface area contributed by atoms with Gasteiger partial charge in [-0.1, -0.05) is 32.0 Å². The molecule has 2 aromatic rings. The van der Waals surface area contributed by atoms with Crippen LogP contribution in [0.1, 0.15) is 43.6 Å². The molecule has 2 aromatic carbocycles. The predicted molar refractivity (Wildman–Crippen MR) is 120 cm³/mol. The minimum Gasteiger partial charge on any atom is -0.490 e. The zero-order valence-corrected chi connectivity index (χ0v) is 18.7. The van der Waals surface area contributed by atoms with E-state index in [4.69, 9.17) is 14.2 Å². The Morgan fingerprint density at radius 3 is 2.35 bits per heavy atom. The molecule has 1 heterocycles. The van der Waals surface area contributed by atoms with E-state index in [1.165, 1.54) is 0 Å². The van der Waals surface area contributed by atoms with Gasteiger partial charge in [0.1, 0.15) is 0 Å². The second-order valence-corrected chi connectivity index (χ2v) is 7.80. The number of allylic oxidation sites excluding steroid dienone is 1. The molecular formula is C25H29NO5. The molecule has 164 valence electrons. The number of likely N-dealkylation sites (N-methyl/N-ethyl adjacent to an activating group) is 1. The molecule has 1 aliphatic rings. The van der Waals surface area contributed by atoms with E-state index in [2.05, 4.69) is 19.9 Å². The van der Waals surface area contributed by atoms with Crippen LogP contribution in [0.25, 0.3) is 0 Å². The first kappa shape index (κ1) is 22.4. The largest absolute Gasteiger partial charge is 0.490 e. The molecule has 6 heteroatoms. The van der Waals surface area contributed by atoms with Crippen LogP contribution < -0.4 is 14.4 Å². The van der Waals surface area contributed by atoms with Crippen LogP contribution in [0.4, 0.5) is 5.69 Å². The third-order valence-electron chi connectivity index (χ3n) is 5.36. The summed E-state index contributed by atoms with van der Waals surface area (Å²) in [7, 11) is 1.94. The maximum atomic E-state index is 12.6. The lowest BCUT2D eigenvalue weighted by Gasteiger charge is -2.23. The first-order valence-electron chi connectivity index (χ1n) is 10.4. The lowest BCUT2D eigenvalue weighted by Crippen LogP contribution is -2.25.